The molecular formula is C22H23Cl2N5O2S. The number of hydrogen-bond donors (Lipinski definition) is 2. The summed E-state index contributed by atoms with van der Waals surface area (Å²) in [7, 11) is 0. The number of carbonyl (C=O) groups is 2. The Morgan fingerprint density at radius 2 is 1.94 bits per heavy atom. The Bertz CT molecular complexity index is 1140. The van der Waals surface area contributed by atoms with E-state index in [1.165, 1.54) is 11.8 Å². The normalized spacial score (nSPS) is 11.8. The number of nitrogens with zero attached hydrogens (tertiary/aromatic N) is 3. The van der Waals surface area contributed by atoms with Crippen molar-refractivity contribution in [2.24, 2.45) is 0 Å². The van der Waals surface area contributed by atoms with Gasteiger partial charge in [-0.15, -0.1) is 10.2 Å². The van der Waals surface area contributed by atoms with E-state index in [0.717, 1.165) is 5.56 Å². The third-order valence-corrected chi connectivity index (χ3v) is 6.14. The lowest BCUT2D eigenvalue weighted by atomic mass is 10.1. The molecule has 3 rings (SSSR count). The van der Waals surface area contributed by atoms with Crippen LogP contribution in [0.15, 0.2) is 47.6 Å². The SMILES string of the molecule is CCn1c(SCC(=O)Nc2cc(Cl)ccc2Cl)nnc1C(C)NC(=O)c1cccc(C)c1. The number of aromatic nitrogens is 3. The van der Waals surface area contributed by atoms with Gasteiger partial charge in [-0.25, -0.2) is 0 Å². The van der Waals surface area contributed by atoms with Crippen LogP contribution < -0.4 is 10.6 Å². The van der Waals surface area contributed by atoms with E-state index in [2.05, 4.69) is 20.8 Å². The van der Waals surface area contributed by atoms with E-state index in [-0.39, 0.29) is 23.6 Å². The molecule has 1 heterocycles. The van der Waals surface area contributed by atoms with E-state index in [4.69, 9.17) is 23.2 Å². The van der Waals surface area contributed by atoms with Crippen LogP contribution in [0.2, 0.25) is 10.0 Å². The zero-order valence-electron chi connectivity index (χ0n) is 17.9. The molecule has 168 valence electrons. The third-order valence-electron chi connectivity index (χ3n) is 4.61. The summed E-state index contributed by atoms with van der Waals surface area (Å²) in [5, 5.41) is 15.6. The largest absolute Gasteiger partial charge is 0.342 e. The molecule has 7 nitrogen and oxygen atoms in total. The zero-order valence-corrected chi connectivity index (χ0v) is 20.2. The van der Waals surface area contributed by atoms with E-state index < -0.39 is 0 Å². The van der Waals surface area contributed by atoms with Gasteiger partial charge in [0.1, 0.15) is 0 Å². The van der Waals surface area contributed by atoms with Crippen LogP contribution in [0.3, 0.4) is 0 Å². The van der Waals surface area contributed by atoms with Gasteiger partial charge in [-0.05, 0) is 51.1 Å². The molecule has 0 aliphatic heterocycles. The molecule has 32 heavy (non-hydrogen) atoms. The van der Waals surface area contributed by atoms with Gasteiger partial charge in [-0.2, -0.15) is 0 Å². The highest BCUT2D eigenvalue weighted by atomic mass is 35.5. The van der Waals surface area contributed by atoms with Gasteiger partial charge in [-0.1, -0.05) is 52.7 Å². The molecule has 1 aromatic heterocycles. The number of rotatable bonds is 8. The van der Waals surface area contributed by atoms with Crippen LogP contribution in [0, 0.1) is 6.92 Å². The Kier molecular flexibility index (Phi) is 8.17. The van der Waals surface area contributed by atoms with Crippen LogP contribution in [-0.2, 0) is 11.3 Å². The van der Waals surface area contributed by atoms with Crippen LogP contribution in [-0.4, -0.2) is 32.3 Å². The number of aryl methyl sites for hydroxylation is 1. The number of anilines is 1. The van der Waals surface area contributed by atoms with Gasteiger partial charge in [-0.3, -0.25) is 9.59 Å². The first kappa shape index (κ1) is 24.1. The lowest BCUT2D eigenvalue weighted by Crippen LogP contribution is -2.28. The molecule has 0 aliphatic rings. The summed E-state index contributed by atoms with van der Waals surface area (Å²) in [6, 6.07) is 11.9. The van der Waals surface area contributed by atoms with Crippen molar-refractivity contribution >= 4 is 52.5 Å². The third kappa shape index (κ3) is 6.03. The average Bonchev–Trinajstić information content (AvgIpc) is 3.18. The summed E-state index contributed by atoms with van der Waals surface area (Å²) in [6.07, 6.45) is 0. The number of amides is 2. The monoisotopic (exact) mass is 491 g/mol. The van der Waals surface area contributed by atoms with Crippen molar-refractivity contribution in [1.29, 1.82) is 0 Å². The van der Waals surface area contributed by atoms with Gasteiger partial charge in [0.25, 0.3) is 5.91 Å². The first-order valence-electron chi connectivity index (χ1n) is 9.96. The van der Waals surface area contributed by atoms with E-state index in [9.17, 15) is 9.59 Å². The van der Waals surface area contributed by atoms with Crippen molar-refractivity contribution in [2.45, 2.75) is 38.5 Å². The Morgan fingerprint density at radius 3 is 2.66 bits per heavy atom. The molecule has 0 saturated heterocycles. The molecule has 10 heteroatoms. The zero-order chi connectivity index (χ0) is 23.3. The predicted octanol–water partition coefficient (Wildman–Crippen LogP) is 5.14. The van der Waals surface area contributed by atoms with Crippen molar-refractivity contribution in [3.05, 3.63) is 69.5 Å². The minimum absolute atomic E-state index is 0.116. The average molecular weight is 492 g/mol. The van der Waals surface area contributed by atoms with Crippen LogP contribution in [0.4, 0.5) is 5.69 Å². The summed E-state index contributed by atoms with van der Waals surface area (Å²) < 4.78 is 1.88. The molecule has 1 unspecified atom stereocenters. The predicted molar refractivity (Wildman–Crippen MR) is 129 cm³/mol. The Balaban J connectivity index is 1.64. The molecule has 0 fully saturated rings. The first-order valence-corrected chi connectivity index (χ1v) is 11.7. The van der Waals surface area contributed by atoms with Crippen LogP contribution in [0.25, 0.3) is 0 Å². The van der Waals surface area contributed by atoms with Gasteiger partial charge < -0.3 is 15.2 Å². The first-order chi connectivity index (χ1) is 15.3. The number of benzene rings is 2. The molecule has 0 spiro atoms. The summed E-state index contributed by atoms with van der Waals surface area (Å²) in [4.78, 5) is 25.0. The fraction of sp³-hybridized carbons (Fsp3) is 0.273. The minimum atomic E-state index is -0.357. The van der Waals surface area contributed by atoms with Crippen molar-refractivity contribution < 1.29 is 9.59 Å². The van der Waals surface area contributed by atoms with E-state index in [1.807, 2.05) is 43.5 Å². The summed E-state index contributed by atoms with van der Waals surface area (Å²) in [5.74, 6) is 0.311. The molecular weight excluding hydrogens is 469 g/mol. The lowest BCUT2D eigenvalue weighted by molar-refractivity contribution is -0.113. The second-order valence-corrected chi connectivity index (χ2v) is 8.90. The van der Waals surface area contributed by atoms with E-state index in [0.29, 0.717) is 38.8 Å². The Labute approximate surface area is 200 Å². The highest BCUT2D eigenvalue weighted by molar-refractivity contribution is 7.99. The lowest BCUT2D eigenvalue weighted by Gasteiger charge is -2.15. The fourth-order valence-corrected chi connectivity index (χ4v) is 4.21. The molecule has 0 radical (unpaired) electrons. The van der Waals surface area contributed by atoms with Gasteiger partial charge in [0, 0.05) is 17.1 Å². The molecule has 0 aliphatic carbocycles. The molecule has 2 aromatic carbocycles. The topological polar surface area (TPSA) is 88.9 Å². The minimum Gasteiger partial charge on any atom is -0.342 e. The number of hydrogen-bond acceptors (Lipinski definition) is 5. The highest BCUT2D eigenvalue weighted by Gasteiger charge is 2.20. The van der Waals surface area contributed by atoms with Crippen molar-refractivity contribution in [1.82, 2.24) is 20.1 Å². The number of thioether (sulfide) groups is 1. The highest BCUT2D eigenvalue weighted by Crippen LogP contribution is 2.26. The van der Waals surface area contributed by atoms with Gasteiger partial charge in [0.2, 0.25) is 5.91 Å². The second kappa shape index (κ2) is 10.8. The van der Waals surface area contributed by atoms with Crippen LogP contribution >= 0.6 is 35.0 Å². The molecule has 0 saturated carbocycles. The maximum Gasteiger partial charge on any atom is 0.251 e. The fourth-order valence-electron chi connectivity index (χ4n) is 3.06. The Hall–Kier alpha value is -2.55. The molecule has 1 atom stereocenters. The summed E-state index contributed by atoms with van der Waals surface area (Å²) in [6.45, 7) is 6.34. The van der Waals surface area contributed by atoms with E-state index in [1.54, 1.807) is 24.3 Å². The van der Waals surface area contributed by atoms with Gasteiger partial charge in [0.15, 0.2) is 11.0 Å². The maximum absolute atomic E-state index is 12.6. The number of halogens is 2. The van der Waals surface area contributed by atoms with Crippen molar-refractivity contribution in [3.63, 3.8) is 0 Å². The maximum atomic E-state index is 12.6. The summed E-state index contributed by atoms with van der Waals surface area (Å²) in [5.41, 5.74) is 2.05. The molecule has 2 amide bonds. The smallest absolute Gasteiger partial charge is 0.251 e. The van der Waals surface area contributed by atoms with Crippen molar-refractivity contribution in [2.75, 3.05) is 11.1 Å². The van der Waals surface area contributed by atoms with Gasteiger partial charge in [0.05, 0.1) is 22.5 Å². The van der Waals surface area contributed by atoms with Crippen LogP contribution in [0.5, 0.6) is 0 Å². The van der Waals surface area contributed by atoms with Crippen LogP contribution in [0.1, 0.15) is 41.6 Å². The second-order valence-electron chi connectivity index (χ2n) is 7.11. The molecule has 0 bridgehead atoms. The van der Waals surface area contributed by atoms with E-state index >= 15 is 0 Å². The summed E-state index contributed by atoms with van der Waals surface area (Å²) >= 11 is 13.3. The Morgan fingerprint density at radius 1 is 1.16 bits per heavy atom. The van der Waals surface area contributed by atoms with Gasteiger partial charge >= 0.3 is 0 Å². The number of nitrogens with one attached hydrogen (secondary N) is 2. The molecule has 3 aromatic rings. The van der Waals surface area contributed by atoms with Crippen molar-refractivity contribution in [3.8, 4) is 0 Å². The quantitative estimate of drug-likeness (QED) is 0.426. The standard InChI is InChI=1S/C22H23Cl2N5O2S/c1-4-29-20(14(3)25-21(31)15-7-5-6-13(2)10-15)27-28-22(29)32-12-19(30)26-18-11-16(23)8-9-17(18)24/h5-11,14H,4,12H2,1-3H3,(H,25,31)(H,26,30). The number of carbonyl (C=O) groups excluding carboxylic acids is 2. The molecule has 2 N–H and O–H groups in total.